The Morgan fingerprint density at radius 1 is 1.19 bits per heavy atom. The summed E-state index contributed by atoms with van der Waals surface area (Å²) in [5.74, 6) is -7.59. The molecule has 1 aromatic carbocycles. The highest BCUT2D eigenvalue weighted by Crippen LogP contribution is 2.39. The Morgan fingerprint density at radius 3 is 2.19 bits per heavy atom. The van der Waals surface area contributed by atoms with Gasteiger partial charge in [-0.05, 0) is 30.9 Å². The predicted molar refractivity (Wildman–Crippen MR) is 65.3 cm³/mol. The lowest BCUT2D eigenvalue weighted by atomic mass is 10.1. The summed E-state index contributed by atoms with van der Waals surface area (Å²) in [7, 11) is 0. The summed E-state index contributed by atoms with van der Waals surface area (Å²) in [6, 6.07) is 5.78. The molecule has 1 aromatic rings. The fraction of sp³-hybridized carbons (Fsp3) is 0.357. The van der Waals surface area contributed by atoms with E-state index in [9.17, 15) is 23.2 Å². The smallest absolute Gasteiger partial charge is 0.323 e. The highest BCUT2D eigenvalue weighted by atomic mass is 19.3. The summed E-state index contributed by atoms with van der Waals surface area (Å²) in [6.07, 6.45) is 0.681. The van der Waals surface area contributed by atoms with Crippen LogP contribution in [0.4, 0.5) is 8.78 Å². The predicted octanol–water partition coefficient (Wildman–Crippen LogP) is 2.18. The van der Waals surface area contributed by atoms with Crippen molar-refractivity contribution in [1.82, 2.24) is 5.06 Å². The van der Waals surface area contributed by atoms with Gasteiger partial charge in [0.1, 0.15) is 0 Å². The molecule has 0 aromatic heterocycles. The van der Waals surface area contributed by atoms with Gasteiger partial charge in [0.25, 0.3) is 11.8 Å². The lowest BCUT2D eigenvalue weighted by Crippen LogP contribution is -2.40. The standard InChI is InChI=1S/C14H11F2NO4/c15-14(16,7-8-5-6-8)13(20)21-17-11(18)9-3-1-2-4-10(9)12(17)19/h1-4,8H,5-7H2. The molecule has 0 atom stereocenters. The van der Waals surface area contributed by atoms with Crippen LogP contribution in [0.2, 0.25) is 0 Å². The van der Waals surface area contributed by atoms with Gasteiger partial charge in [0.05, 0.1) is 11.1 Å². The summed E-state index contributed by atoms with van der Waals surface area (Å²) in [6.45, 7) is 0. The van der Waals surface area contributed by atoms with Crippen LogP contribution in [-0.4, -0.2) is 28.8 Å². The Hall–Kier alpha value is -2.31. The molecule has 21 heavy (non-hydrogen) atoms. The number of rotatable bonds is 4. The van der Waals surface area contributed by atoms with Crippen molar-refractivity contribution in [3.05, 3.63) is 35.4 Å². The van der Waals surface area contributed by atoms with Crippen molar-refractivity contribution >= 4 is 17.8 Å². The quantitative estimate of drug-likeness (QED) is 0.799. The highest BCUT2D eigenvalue weighted by molar-refractivity contribution is 6.20. The summed E-state index contributed by atoms with van der Waals surface area (Å²) >= 11 is 0. The molecule has 0 radical (unpaired) electrons. The van der Waals surface area contributed by atoms with Crippen molar-refractivity contribution in [2.75, 3.05) is 0 Å². The van der Waals surface area contributed by atoms with E-state index in [1.807, 2.05) is 0 Å². The summed E-state index contributed by atoms with van der Waals surface area (Å²) < 4.78 is 27.2. The zero-order chi connectivity index (χ0) is 15.2. The van der Waals surface area contributed by atoms with E-state index >= 15 is 0 Å². The van der Waals surface area contributed by atoms with Crippen LogP contribution in [0.25, 0.3) is 0 Å². The molecule has 1 aliphatic heterocycles. The molecule has 1 fully saturated rings. The second-order valence-electron chi connectivity index (χ2n) is 5.18. The van der Waals surface area contributed by atoms with Crippen molar-refractivity contribution < 1.29 is 28.0 Å². The van der Waals surface area contributed by atoms with E-state index in [2.05, 4.69) is 4.84 Å². The van der Waals surface area contributed by atoms with Crippen LogP contribution in [0.5, 0.6) is 0 Å². The first kappa shape index (κ1) is 13.7. The number of imide groups is 1. The Bertz CT molecular complexity index is 605. The van der Waals surface area contributed by atoms with Gasteiger partial charge in [-0.1, -0.05) is 17.2 Å². The van der Waals surface area contributed by atoms with Crippen molar-refractivity contribution in [2.45, 2.75) is 25.2 Å². The summed E-state index contributed by atoms with van der Waals surface area (Å²) in [5, 5.41) is 0.105. The van der Waals surface area contributed by atoms with E-state index in [0.717, 1.165) is 0 Å². The van der Waals surface area contributed by atoms with E-state index < -0.39 is 30.1 Å². The molecule has 5 nitrogen and oxygen atoms in total. The zero-order valence-electron chi connectivity index (χ0n) is 10.8. The Morgan fingerprint density at radius 2 is 1.71 bits per heavy atom. The third kappa shape index (κ3) is 2.39. The number of benzene rings is 1. The molecule has 2 amide bonds. The molecule has 0 saturated heterocycles. The minimum atomic E-state index is -3.70. The van der Waals surface area contributed by atoms with Gasteiger partial charge in [0.15, 0.2) is 0 Å². The molecule has 0 N–H and O–H groups in total. The lowest BCUT2D eigenvalue weighted by Gasteiger charge is -2.18. The third-order valence-corrected chi connectivity index (χ3v) is 3.47. The minimum Gasteiger partial charge on any atom is -0.323 e. The van der Waals surface area contributed by atoms with E-state index in [1.165, 1.54) is 24.3 Å². The number of nitrogens with zero attached hydrogens (tertiary/aromatic N) is 1. The topological polar surface area (TPSA) is 63.7 Å². The first-order chi connectivity index (χ1) is 9.90. The SMILES string of the molecule is O=C1c2ccccc2C(=O)N1OC(=O)C(F)(F)CC1CC1. The summed E-state index contributed by atoms with van der Waals surface area (Å²) in [5.41, 5.74) is 0.0571. The molecular formula is C14H11F2NO4. The van der Waals surface area contributed by atoms with Gasteiger partial charge in [-0.25, -0.2) is 4.79 Å². The monoisotopic (exact) mass is 295 g/mol. The van der Waals surface area contributed by atoms with Crippen LogP contribution >= 0.6 is 0 Å². The van der Waals surface area contributed by atoms with Crippen molar-refractivity contribution in [1.29, 1.82) is 0 Å². The van der Waals surface area contributed by atoms with Crippen LogP contribution in [0, 0.1) is 5.92 Å². The van der Waals surface area contributed by atoms with E-state index in [0.29, 0.717) is 12.8 Å². The van der Waals surface area contributed by atoms with Crippen molar-refractivity contribution in [2.24, 2.45) is 5.92 Å². The van der Waals surface area contributed by atoms with Crippen LogP contribution in [-0.2, 0) is 9.63 Å². The molecule has 3 rings (SSSR count). The highest BCUT2D eigenvalue weighted by Gasteiger charge is 2.49. The second-order valence-corrected chi connectivity index (χ2v) is 5.18. The number of hydrogen-bond donors (Lipinski definition) is 0. The number of hydrogen-bond acceptors (Lipinski definition) is 4. The Balaban J connectivity index is 1.75. The van der Waals surface area contributed by atoms with Gasteiger partial charge in [0.2, 0.25) is 0 Å². The number of carbonyl (C=O) groups is 3. The van der Waals surface area contributed by atoms with Crippen LogP contribution < -0.4 is 0 Å². The Kier molecular flexibility index (Phi) is 3.00. The maximum Gasteiger partial charge on any atom is 0.402 e. The third-order valence-electron chi connectivity index (χ3n) is 3.47. The largest absolute Gasteiger partial charge is 0.402 e. The molecule has 0 unspecified atom stereocenters. The molecule has 2 aliphatic rings. The number of fused-ring (bicyclic) bond motifs is 1. The second kappa shape index (κ2) is 4.61. The van der Waals surface area contributed by atoms with E-state index in [-0.39, 0.29) is 22.1 Å². The summed E-state index contributed by atoms with van der Waals surface area (Å²) in [4.78, 5) is 39.6. The van der Waals surface area contributed by atoms with Gasteiger partial charge in [-0.15, -0.1) is 0 Å². The van der Waals surface area contributed by atoms with E-state index in [4.69, 9.17) is 0 Å². The Labute approximate surface area is 118 Å². The fourth-order valence-corrected chi connectivity index (χ4v) is 2.17. The van der Waals surface area contributed by atoms with E-state index in [1.54, 1.807) is 0 Å². The molecule has 1 heterocycles. The number of hydroxylamine groups is 2. The number of amides is 2. The molecule has 1 saturated carbocycles. The normalized spacial score (nSPS) is 17.9. The average Bonchev–Trinajstić information content (AvgIpc) is 3.22. The van der Waals surface area contributed by atoms with Crippen LogP contribution in [0.3, 0.4) is 0 Å². The number of halogens is 2. The van der Waals surface area contributed by atoms with Crippen molar-refractivity contribution in [3.8, 4) is 0 Å². The molecule has 0 spiro atoms. The molecule has 1 aliphatic carbocycles. The zero-order valence-corrected chi connectivity index (χ0v) is 10.8. The van der Waals surface area contributed by atoms with Crippen molar-refractivity contribution in [3.63, 3.8) is 0 Å². The number of carbonyl (C=O) groups excluding carboxylic acids is 3. The molecule has 0 bridgehead atoms. The maximum atomic E-state index is 13.6. The maximum absolute atomic E-state index is 13.6. The van der Waals surface area contributed by atoms with Gasteiger partial charge < -0.3 is 4.84 Å². The fourth-order valence-electron chi connectivity index (χ4n) is 2.17. The first-order valence-corrected chi connectivity index (χ1v) is 6.48. The van der Waals surface area contributed by atoms with Gasteiger partial charge >= 0.3 is 11.9 Å². The lowest BCUT2D eigenvalue weighted by molar-refractivity contribution is -0.197. The van der Waals surface area contributed by atoms with Gasteiger partial charge in [-0.3, -0.25) is 9.59 Å². The average molecular weight is 295 g/mol. The minimum absolute atomic E-state index is 0.0285. The first-order valence-electron chi connectivity index (χ1n) is 6.48. The molecular weight excluding hydrogens is 284 g/mol. The number of alkyl halides is 2. The van der Waals surface area contributed by atoms with Crippen LogP contribution in [0.1, 0.15) is 40.0 Å². The molecule has 110 valence electrons. The molecule has 7 heteroatoms. The van der Waals surface area contributed by atoms with Gasteiger partial charge in [-0.2, -0.15) is 8.78 Å². The van der Waals surface area contributed by atoms with Crippen LogP contribution in [0.15, 0.2) is 24.3 Å². The van der Waals surface area contributed by atoms with Gasteiger partial charge in [0, 0.05) is 6.42 Å².